The summed E-state index contributed by atoms with van der Waals surface area (Å²) < 4.78 is 0. The van der Waals surface area contributed by atoms with Crippen LogP contribution in [0.1, 0.15) is 57.1 Å². The maximum Gasteiger partial charge on any atom is 0.343 e. The van der Waals surface area contributed by atoms with Crippen molar-refractivity contribution in [3.63, 3.8) is 0 Å². The van der Waals surface area contributed by atoms with Gasteiger partial charge in [0.05, 0.1) is 6.61 Å². The number of urea groups is 1. The van der Waals surface area contributed by atoms with Crippen molar-refractivity contribution in [2.45, 2.75) is 59.3 Å². The normalized spacial score (nSPS) is 16.6. The molecule has 4 rings (SSSR count). The lowest BCUT2D eigenvalue weighted by atomic mass is 9.90. The summed E-state index contributed by atoms with van der Waals surface area (Å²) in [7, 11) is 0. The van der Waals surface area contributed by atoms with E-state index in [0.717, 1.165) is 62.3 Å². The fourth-order valence-corrected chi connectivity index (χ4v) is 6.17. The lowest BCUT2D eigenvalue weighted by Crippen LogP contribution is -2.45. The minimum Gasteiger partial charge on any atom is -0.343 e. The first-order valence-corrected chi connectivity index (χ1v) is 15.9. The molecule has 2 aliphatic heterocycles. The third kappa shape index (κ3) is 9.68. The number of halogens is 1. The van der Waals surface area contributed by atoms with Gasteiger partial charge in [-0.2, -0.15) is 0 Å². The Morgan fingerprint density at radius 2 is 1.70 bits per heavy atom. The van der Waals surface area contributed by atoms with E-state index in [0.29, 0.717) is 50.0 Å². The Morgan fingerprint density at radius 3 is 2.33 bits per heavy atom. The highest BCUT2D eigenvalue weighted by atomic mass is 35.5. The Bertz CT molecular complexity index is 1220. The summed E-state index contributed by atoms with van der Waals surface area (Å²) in [5.74, 6) is 0.762. The molecule has 2 saturated heterocycles. The Morgan fingerprint density at radius 1 is 1.00 bits per heavy atom. The van der Waals surface area contributed by atoms with Crippen molar-refractivity contribution < 1.29 is 19.2 Å². The fraction of sp³-hybridized carbons (Fsp3) is 0.545. The van der Waals surface area contributed by atoms with E-state index >= 15 is 0 Å². The maximum absolute atomic E-state index is 13.7. The summed E-state index contributed by atoms with van der Waals surface area (Å²) in [5, 5.41) is 3.43. The molecule has 234 valence electrons. The Kier molecular flexibility index (Phi) is 12.3. The van der Waals surface area contributed by atoms with Gasteiger partial charge in [-0.15, -0.1) is 0 Å². The minimum absolute atomic E-state index is 0.0755. The predicted octanol–water partition coefficient (Wildman–Crippen LogP) is 5.66. The van der Waals surface area contributed by atoms with Crippen LogP contribution in [0.25, 0.3) is 0 Å². The second-order valence-corrected chi connectivity index (χ2v) is 12.1. The topological polar surface area (TPSA) is 94.2 Å². The molecule has 0 aromatic heterocycles. The quantitative estimate of drug-likeness (QED) is 0.320. The molecule has 0 spiro atoms. The van der Waals surface area contributed by atoms with E-state index in [2.05, 4.69) is 27.8 Å². The van der Waals surface area contributed by atoms with Gasteiger partial charge in [-0.05, 0) is 113 Å². The van der Waals surface area contributed by atoms with Crippen molar-refractivity contribution in [2.75, 3.05) is 56.1 Å². The third-order valence-electron chi connectivity index (χ3n) is 8.63. The smallest absolute Gasteiger partial charge is 0.343 e. The van der Waals surface area contributed by atoms with Crippen molar-refractivity contribution in [3.8, 4) is 0 Å². The van der Waals surface area contributed by atoms with Crippen molar-refractivity contribution >= 4 is 40.8 Å². The summed E-state index contributed by atoms with van der Waals surface area (Å²) in [6, 6.07) is 13.5. The summed E-state index contributed by atoms with van der Waals surface area (Å²) in [5.41, 5.74) is 6.18. The number of amides is 4. The average molecular weight is 612 g/mol. The van der Waals surface area contributed by atoms with Crippen molar-refractivity contribution in [3.05, 3.63) is 58.6 Å². The molecule has 10 heteroatoms. The van der Waals surface area contributed by atoms with E-state index < -0.39 is 0 Å². The largest absolute Gasteiger partial charge is 0.343 e. The number of piperidine rings is 2. The van der Waals surface area contributed by atoms with Gasteiger partial charge in [0.2, 0.25) is 11.8 Å². The molecule has 2 aliphatic rings. The monoisotopic (exact) mass is 611 g/mol. The number of hydrogen-bond donors (Lipinski definition) is 2. The summed E-state index contributed by atoms with van der Waals surface area (Å²) >= 11 is 6.46. The minimum atomic E-state index is -0.382. The SMILES string of the molecule is CCONC(=O)Nc1ccc(CC2CCN(CCCN(C(=O)C3CCN(C(C)=O)CC3)c3ccc(C)c(Cl)c3)CC2)cc1. The highest BCUT2D eigenvalue weighted by Crippen LogP contribution is 2.28. The second kappa shape index (κ2) is 16.1. The number of rotatable bonds is 11. The van der Waals surface area contributed by atoms with Crippen LogP contribution in [0.5, 0.6) is 0 Å². The van der Waals surface area contributed by atoms with Crippen LogP contribution in [0.15, 0.2) is 42.5 Å². The van der Waals surface area contributed by atoms with Crippen LogP contribution in [0.4, 0.5) is 16.2 Å². The van der Waals surface area contributed by atoms with Crippen molar-refractivity contribution in [2.24, 2.45) is 11.8 Å². The molecular weight excluding hydrogens is 566 g/mol. The van der Waals surface area contributed by atoms with E-state index in [-0.39, 0.29) is 23.8 Å². The van der Waals surface area contributed by atoms with E-state index in [1.807, 2.05) is 54.0 Å². The van der Waals surface area contributed by atoms with Gasteiger partial charge in [-0.3, -0.25) is 14.4 Å². The number of nitrogens with one attached hydrogen (secondary N) is 2. The number of carbonyl (C=O) groups excluding carboxylic acids is 3. The Labute approximate surface area is 260 Å². The number of hydrogen-bond acceptors (Lipinski definition) is 5. The molecule has 9 nitrogen and oxygen atoms in total. The van der Waals surface area contributed by atoms with Crippen LogP contribution in [0.2, 0.25) is 5.02 Å². The predicted molar refractivity (Wildman–Crippen MR) is 171 cm³/mol. The van der Waals surface area contributed by atoms with Gasteiger partial charge < -0.3 is 20.0 Å². The van der Waals surface area contributed by atoms with Crippen molar-refractivity contribution in [1.82, 2.24) is 15.3 Å². The number of aryl methyl sites for hydroxylation is 1. The van der Waals surface area contributed by atoms with Crippen LogP contribution >= 0.6 is 11.6 Å². The van der Waals surface area contributed by atoms with E-state index in [1.165, 1.54) is 5.56 Å². The van der Waals surface area contributed by atoms with Gasteiger partial charge in [-0.25, -0.2) is 10.3 Å². The van der Waals surface area contributed by atoms with Gasteiger partial charge in [0, 0.05) is 48.9 Å². The molecule has 0 saturated carbocycles. The highest BCUT2D eigenvalue weighted by Gasteiger charge is 2.30. The maximum atomic E-state index is 13.7. The van der Waals surface area contributed by atoms with Crippen LogP contribution < -0.4 is 15.7 Å². The molecule has 2 aromatic carbocycles. The molecule has 43 heavy (non-hydrogen) atoms. The van der Waals surface area contributed by atoms with E-state index in [1.54, 1.807) is 6.92 Å². The second-order valence-electron chi connectivity index (χ2n) is 11.7. The molecule has 4 amide bonds. The highest BCUT2D eigenvalue weighted by molar-refractivity contribution is 6.31. The molecular formula is C33H46ClN5O4. The summed E-state index contributed by atoms with van der Waals surface area (Å²) in [6.45, 7) is 10.7. The number of benzene rings is 2. The molecule has 0 radical (unpaired) electrons. The lowest BCUT2D eigenvalue weighted by molar-refractivity contribution is -0.133. The van der Waals surface area contributed by atoms with Gasteiger partial charge in [-0.1, -0.05) is 29.8 Å². The van der Waals surface area contributed by atoms with Crippen LogP contribution in [0, 0.1) is 18.8 Å². The Balaban J connectivity index is 1.25. The first kappa shape index (κ1) is 32.8. The standard InChI is InChI=1S/C33H46ClN5O4/c1-4-43-36-33(42)35-29-9-7-26(8-10-29)22-27-12-18-37(19-13-27)16-5-17-39(30-11-6-24(2)31(34)23-30)32(41)28-14-20-38(21-15-28)25(3)40/h6-11,23,27-28H,4-5,12-22H2,1-3H3,(H2,35,36,42). The number of carbonyl (C=O) groups is 3. The van der Waals surface area contributed by atoms with Gasteiger partial charge in [0.1, 0.15) is 0 Å². The van der Waals surface area contributed by atoms with Crippen LogP contribution in [0.3, 0.4) is 0 Å². The first-order chi connectivity index (χ1) is 20.7. The number of likely N-dealkylation sites (tertiary alicyclic amines) is 2. The fourth-order valence-electron chi connectivity index (χ4n) is 6.00. The summed E-state index contributed by atoms with van der Waals surface area (Å²) in [6.07, 6.45) is 5.59. The molecule has 0 unspecified atom stereocenters. The first-order valence-electron chi connectivity index (χ1n) is 15.6. The number of anilines is 2. The zero-order chi connectivity index (χ0) is 30.8. The average Bonchev–Trinajstić information content (AvgIpc) is 3.01. The van der Waals surface area contributed by atoms with Crippen LogP contribution in [-0.4, -0.2) is 73.5 Å². The Hall–Kier alpha value is -3.14. The molecule has 2 aromatic rings. The van der Waals surface area contributed by atoms with Gasteiger partial charge in [0.15, 0.2) is 0 Å². The molecule has 0 aliphatic carbocycles. The van der Waals surface area contributed by atoms with Crippen molar-refractivity contribution in [1.29, 1.82) is 0 Å². The van der Waals surface area contributed by atoms with Gasteiger partial charge >= 0.3 is 6.03 Å². The third-order valence-corrected chi connectivity index (χ3v) is 9.04. The van der Waals surface area contributed by atoms with Gasteiger partial charge in [0.25, 0.3) is 0 Å². The summed E-state index contributed by atoms with van der Waals surface area (Å²) in [4.78, 5) is 48.4. The molecule has 0 atom stereocenters. The zero-order valence-corrected chi connectivity index (χ0v) is 26.5. The number of hydroxylamine groups is 1. The molecule has 2 N–H and O–H groups in total. The van der Waals surface area contributed by atoms with E-state index in [4.69, 9.17) is 16.4 Å². The van der Waals surface area contributed by atoms with E-state index in [9.17, 15) is 14.4 Å². The molecule has 0 bridgehead atoms. The lowest BCUT2D eigenvalue weighted by Gasteiger charge is -2.35. The zero-order valence-electron chi connectivity index (χ0n) is 25.7. The molecule has 2 heterocycles. The molecule has 2 fully saturated rings. The van der Waals surface area contributed by atoms with Crippen LogP contribution in [-0.2, 0) is 20.8 Å². The number of nitrogens with zero attached hydrogens (tertiary/aromatic N) is 3.